The molecule has 0 amide bonds. The molecule has 11 aromatic carbocycles. The highest BCUT2D eigenvalue weighted by molar-refractivity contribution is 6.67. The summed E-state index contributed by atoms with van der Waals surface area (Å²) < 4.78 is 0. The van der Waals surface area contributed by atoms with Crippen LogP contribution in [0, 0.1) is 0 Å². The molecule has 0 nitrogen and oxygen atoms in total. The summed E-state index contributed by atoms with van der Waals surface area (Å²) in [6.07, 6.45) is 0. The van der Waals surface area contributed by atoms with Gasteiger partial charge in [-0.15, -0.1) is 0 Å². The van der Waals surface area contributed by atoms with Crippen molar-refractivity contribution < 1.29 is 0 Å². The summed E-state index contributed by atoms with van der Waals surface area (Å²) in [5.41, 5.74) is 9.88. The maximum atomic E-state index is 2.48. The van der Waals surface area contributed by atoms with Crippen LogP contribution < -0.4 is 10.4 Å². The van der Waals surface area contributed by atoms with Gasteiger partial charge >= 0.3 is 0 Å². The number of hydrogen-bond acceptors (Lipinski definition) is 0. The predicted octanol–water partition coefficient (Wildman–Crippen LogP) is 13.8. The first-order valence-corrected chi connectivity index (χ1v) is 20.7. The van der Waals surface area contributed by atoms with Gasteiger partial charge in [-0.25, -0.2) is 0 Å². The summed E-state index contributed by atoms with van der Waals surface area (Å²) in [5.74, 6) is 0. The fourth-order valence-electron chi connectivity index (χ4n) is 8.83. The summed E-state index contributed by atoms with van der Waals surface area (Å²) in [6.45, 7) is 0. The second-order valence-corrected chi connectivity index (χ2v) is 16.4. The van der Waals surface area contributed by atoms with E-state index in [1.165, 1.54) is 109 Å². The molecule has 0 bridgehead atoms. The molecule has 57 heavy (non-hydrogen) atoms. The van der Waals surface area contributed by atoms with Gasteiger partial charge in [0.05, 0.1) is 0 Å². The highest BCUT2D eigenvalue weighted by atomic mass is 28.2. The van der Waals surface area contributed by atoms with Gasteiger partial charge in [-0.3, -0.25) is 0 Å². The zero-order valence-corrected chi connectivity index (χ0v) is 32.3. The van der Waals surface area contributed by atoms with Gasteiger partial charge in [-0.1, -0.05) is 198 Å². The maximum absolute atomic E-state index is 2.48. The van der Waals surface area contributed by atoms with E-state index in [4.69, 9.17) is 0 Å². The molecule has 0 aromatic heterocycles. The first-order chi connectivity index (χ1) is 28.2. The monoisotopic (exact) mass is 736 g/mol. The van der Waals surface area contributed by atoms with Crippen LogP contribution in [0.25, 0.3) is 98.4 Å². The first-order valence-electron chi connectivity index (χ1n) is 19.7. The molecule has 1 heteroatoms. The predicted molar refractivity (Wildman–Crippen MR) is 247 cm³/mol. The smallest absolute Gasteiger partial charge is 0.0631 e. The number of hydrogen-bond donors (Lipinski definition) is 0. The van der Waals surface area contributed by atoms with Crippen molar-refractivity contribution in [2.75, 3.05) is 0 Å². The zero-order valence-electron chi connectivity index (χ0n) is 31.3. The van der Waals surface area contributed by atoms with Crippen LogP contribution in [0.15, 0.2) is 218 Å². The van der Waals surface area contributed by atoms with E-state index in [1.807, 2.05) is 0 Å². The molecular formula is C56H36Si. The van der Waals surface area contributed by atoms with E-state index in [9.17, 15) is 0 Å². The third-order valence-electron chi connectivity index (χ3n) is 11.5. The number of rotatable bonds is 6. The lowest BCUT2D eigenvalue weighted by atomic mass is 9.83. The van der Waals surface area contributed by atoms with Crippen molar-refractivity contribution >= 4 is 73.8 Å². The Morgan fingerprint density at radius 2 is 0.737 bits per heavy atom. The van der Waals surface area contributed by atoms with Crippen molar-refractivity contribution in [1.29, 1.82) is 0 Å². The Balaban J connectivity index is 1.23. The molecule has 0 spiro atoms. The van der Waals surface area contributed by atoms with Gasteiger partial charge in [0, 0.05) is 0 Å². The second-order valence-electron chi connectivity index (χ2n) is 15.0. The third kappa shape index (κ3) is 6.01. The lowest BCUT2D eigenvalue weighted by Crippen LogP contribution is -2.26. The molecule has 0 aliphatic rings. The summed E-state index contributed by atoms with van der Waals surface area (Å²) in [6, 6.07) is 81.0. The topological polar surface area (TPSA) is 0 Å². The van der Waals surface area contributed by atoms with Crippen LogP contribution in [0.5, 0.6) is 0 Å². The van der Waals surface area contributed by atoms with Crippen LogP contribution in [-0.4, -0.2) is 9.52 Å². The van der Waals surface area contributed by atoms with Crippen LogP contribution in [0.4, 0.5) is 0 Å². The molecule has 0 saturated heterocycles. The molecule has 0 atom stereocenters. The molecule has 0 saturated carbocycles. The number of benzene rings is 11. The molecule has 0 aliphatic heterocycles. The van der Waals surface area contributed by atoms with Crippen molar-refractivity contribution in [2.24, 2.45) is 0 Å². The lowest BCUT2D eigenvalue weighted by molar-refractivity contribution is 1.60. The minimum Gasteiger partial charge on any atom is -0.0631 e. The van der Waals surface area contributed by atoms with Crippen molar-refractivity contribution in [3.8, 4) is 44.5 Å². The van der Waals surface area contributed by atoms with Gasteiger partial charge < -0.3 is 0 Å². The van der Waals surface area contributed by atoms with Gasteiger partial charge in [-0.05, 0) is 129 Å². The average molecular weight is 737 g/mol. The van der Waals surface area contributed by atoms with Gasteiger partial charge in [-0.2, -0.15) is 0 Å². The molecule has 0 aliphatic carbocycles. The highest BCUT2D eigenvalue weighted by Crippen LogP contribution is 2.46. The van der Waals surface area contributed by atoms with E-state index in [-0.39, 0.29) is 0 Å². The van der Waals surface area contributed by atoms with Crippen LogP contribution >= 0.6 is 0 Å². The Hall–Kier alpha value is -7.06. The van der Waals surface area contributed by atoms with Gasteiger partial charge in [0.1, 0.15) is 9.52 Å². The molecule has 0 heterocycles. The summed E-state index contributed by atoms with van der Waals surface area (Å²) >= 11 is 0. The molecular weight excluding hydrogens is 701 g/mol. The Morgan fingerprint density at radius 1 is 0.228 bits per heavy atom. The Kier molecular flexibility index (Phi) is 8.12. The molecule has 11 rings (SSSR count). The summed E-state index contributed by atoms with van der Waals surface area (Å²) in [7, 11) is 0.557. The Labute approximate surface area is 335 Å². The summed E-state index contributed by atoms with van der Waals surface area (Å²) in [5, 5.41) is 15.2. The highest BCUT2D eigenvalue weighted by Gasteiger charge is 2.20. The Morgan fingerprint density at radius 3 is 1.40 bits per heavy atom. The molecule has 0 unspecified atom stereocenters. The van der Waals surface area contributed by atoms with E-state index in [0.717, 1.165) is 0 Å². The van der Waals surface area contributed by atoms with E-state index in [0.29, 0.717) is 9.52 Å². The van der Waals surface area contributed by atoms with Gasteiger partial charge in [0.25, 0.3) is 0 Å². The van der Waals surface area contributed by atoms with Crippen molar-refractivity contribution in [2.45, 2.75) is 0 Å². The molecule has 0 N–H and O–H groups in total. The van der Waals surface area contributed by atoms with Crippen LogP contribution in [-0.2, 0) is 0 Å². The standard InChI is InChI=1S/C56H36Si/c1-2-19-47(20-3-1)57-48-29-30-53-54(36-48)56(50-24-12-18-39-15-8-9-21-49(39)50)52-23-11-10-22-51(52)55(53)46-34-44(42-27-25-37-13-4-6-16-40(37)31-42)33-45(35-46)43-28-26-38-14-5-7-17-41(38)32-43/h1-36H. The molecule has 11 aromatic rings. The molecule has 2 radical (unpaired) electrons. The maximum Gasteiger partial charge on any atom is 0.121 e. The SMILES string of the molecule is c1ccc([Si]c2ccc3c(-c4cc(-c5ccc6ccccc6c5)cc(-c5ccc6ccccc6c5)c4)c4ccccc4c(-c4cccc5ccccc45)c3c2)cc1. The van der Waals surface area contributed by atoms with E-state index >= 15 is 0 Å². The largest absolute Gasteiger partial charge is 0.121 e. The number of fused-ring (bicyclic) bond motifs is 5. The van der Waals surface area contributed by atoms with E-state index in [1.54, 1.807) is 0 Å². The van der Waals surface area contributed by atoms with E-state index in [2.05, 4.69) is 218 Å². The van der Waals surface area contributed by atoms with Crippen LogP contribution in [0.1, 0.15) is 0 Å². The first kappa shape index (κ1) is 33.3. The minimum atomic E-state index is 0.557. The van der Waals surface area contributed by atoms with Gasteiger partial charge in [0.15, 0.2) is 0 Å². The fourth-order valence-corrected chi connectivity index (χ4v) is 9.91. The summed E-state index contributed by atoms with van der Waals surface area (Å²) in [4.78, 5) is 0. The molecule has 264 valence electrons. The fraction of sp³-hybridized carbons (Fsp3) is 0. The normalized spacial score (nSPS) is 11.6. The van der Waals surface area contributed by atoms with Gasteiger partial charge in [0.2, 0.25) is 0 Å². The lowest BCUT2D eigenvalue weighted by Gasteiger charge is -2.21. The van der Waals surface area contributed by atoms with Crippen LogP contribution in [0.3, 0.4) is 0 Å². The average Bonchev–Trinajstić information content (AvgIpc) is 3.28. The quantitative estimate of drug-likeness (QED) is 0.118. The van der Waals surface area contributed by atoms with Crippen molar-refractivity contribution in [3.63, 3.8) is 0 Å². The van der Waals surface area contributed by atoms with Crippen molar-refractivity contribution in [1.82, 2.24) is 0 Å². The minimum absolute atomic E-state index is 0.557. The Bertz CT molecular complexity index is 3220. The van der Waals surface area contributed by atoms with E-state index < -0.39 is 0 Å². The third-order valence-corrected chi connectivity index (χ3v) is 12.8. The molecule has 0 fully saturated rings. The second kappa shape index (κ2) is 13.9. The van der Waals surface area contributed by atoms with Crippen molar-refractivity contribution in [3.05, 3.63) is 218 Å². The zero-order chi connectivity index (χ0) is 37.7. The van der Waals surface area contributed by atoms with Crippen LogP contribution in [0.2, 0.25) is 0 Å².